The van der Waals surface area contributed by atoms with Gasteiger partial charge in [0.15, 0.2) is 17.5 Å². The van der Waals surface area contributed by atoms with Crippen LogP contribution in [0.4, 0.5) is 32.6 Å². The van der Waals surface area contributed by atoms with Gasteiger partial charge in [-0.3, -0.25) is 9.78 Å². The Morgan fingerprint density at radius 3 is 2.70 bits per heavy atom. The lowest BCUT2D eigenvalue weighted by atomic mass is 9.91. The number of fused-ring (bicyclic) bond motifs is 1. The van der Waals surface area contributed by atoms with E-state index >= 15 is 0 Å². The van der Waals surface area contributed by atoms with Gasteiger partial charge >= 0.3 is 12.3 Å². The number of carbonyl (C=O) groups excluding carboxylic acids is 1. The highest BCUT2D eigenvalue weighted by Crippen LogP contribution is 2.28. The Labute approximate surface area is 258 Å². The molecule has 12 nitrogen and oxygen atoms in total. The second-order valence-electron chi connectivity index (χ2n) is 10.7. The Morgan fingerprint density at radius 2 is 1.91 bits per heavy atom. The summed E-state index contributed by atoms with van der Waals surface area (Å²) in [4.78, 5) is 44.9. The minimum absolute atomic E-state index is 0.0300. The molecule has 2 amide bonds. The summed E-state index contributed by atoms with van der Waals surface area (Å²) in [6.45, 7) is -2.45. The Kier molecular flexibility index (Phi) is 9.89. The van der Waals surface area contributed by atoms with Crippen molar-refractivity contribution in [3.05, 3.63) is 65.9 Å². The molecule has 0 bridgehead atoms. The first-order chi connectivity index (χ1) is 21.9. The summed E-state index contributed by atoms with van der Waals surface area (Å²) in [5.41, 5.74) is 1.32. The topological polar surface area (TPSA) is 158 Å². The van der Waals surface area contributed by atoms with E-state index < -0.39 is 43.0 Å². The van der Waals surface area contributed by atoms with Crippen molar-refractivity contribution in [3.63, 3.8) is 0 Å². The predicted molar refractivity (Wildman–Crippen MR) is 154 cm³/mol. The zero-order valence-corrected chi connectivity index (χ0v) is 24.2. The van der Waals surface area contributed by atoms with Crippen molar-refractivity contribution >= 4 is 28.9 Å². The molecule has 4 heterocycles. The molecule has 0 aliphatic heterocycles. The molecule has 5 rings (SSSR count). The van der Waals surface area contributed by atoms with Gasteiger partial charge in [0.05, 0.1) is 19.0 Å². The van der Waals surface area contributed by atoms with E-state index in [1.165, 1.54) is 24.4 Å². The van der Waals surface area contributed by atoms with Crippen molar-refractivity contribution in [1.29, 1.82) is 0 Å². The first kappa shape index (κ1) is 32.5. The molecular weight excluding hydrogens is 619 g/mol. The van der Waals surface area contributed by atoms with E-state index in [9.17, 15) is 36.6 Å². The summed E-state index contributed by atoms with van der Waals surface area (Å²) < 4.78 is 69.9. The number of anilines is 1. The average molecular weight is 649 g/mol. The Balaban J connectivity index is 1.19. The number of hydrogen-bond donors (Lipinski definition) is 4. The van der Waals surface area contributed by atoms with E-state index in [0.717, 1.165) is 17.3 Å². The third kappa shape index (κ3) is 8.41. The molecule has 46 heavy (non-hydrogen) atoms. The van der Waals surface area contributed by atoms with Crippen LogP contribution in [0.15, 0.2) is 43.0 Å². The Hall–Kier alpha value is -4.93. The van der Waals surface area contributed by atoms with Crippen molar-refractivity contribution < 1.29 is 41.4 Å². The van der Waals surface area contributed by atoms with E-state index in [1.54, 1.807) is 6.20 Å². The number of rotatable bonds is 11. The van der Waals surface area contributed by atoms with Crippen LogP contribution in [0.1, 0.15) is 41.7 Å². The Bertz CT molecular complexity index is 1700. The maximum absolute atomic E-state index is 14.7. The quantitative estimate of drug-likeness (QED) is 0.131. The first-order valence-corrected chi connectivity index (χ1v) is 14.3. The molecule has 0 spiro atoms. The molecule has 1 unspecified atom stereocenters. The van der Waals surface area contributed by atoms with Crippen LogP contribution in [0.5, 0.6) is 0 Å². The number of aromatic amines is 1. The zero-order valence-electron chi connectivity index (χ0n) is 24.2. The molecule has 4 aromatic heterocycles. The normalized spacial score (nSPS) is 16.7. The van der Waals surface area contributed by atoms with Crippen molar-refractivity contribution in [2.24, 2.45) is 0 Å². The number of ether oxygens (including phenoxy) is 1. The van der Waals surface area contributed by atoms with Gasteiger partial charge in [-0.25, -0.2) is 28.5 Å². The van der Waals surface area contributed by atoms with Gasteiger partial charge in [-0.05, 0) is 49.4 Å². The molecule has 1 aliphatic rings. The number of hydrogen-bond acceptors (Lipinski definition) is 8. The van der Waals surface area contributed by atoms with E-state index in [0.29, 0.717) is 47.8 Å². The van der Waals surface area contributed by atoms with Crippen molar-refractivity contribution in [2.45, 2.75) is 50.5 Å². The number of pyridine rings is 2. The summed E-state index contributed by atoms with van der Waals surface area (Å²) in [6, 6.07) is 3.65. The zero-order chi connectivity index (χ0) is 32.8. The number of alkyl halides is 3. The molecule has 2 atom stereocenters. The number of aromatic nitrogens is 5. The second kappa shape index (κ2) is 14.0. The predicted octanol–water partition coefficient (Wildman–Crippen LogP) is 4.91. The molecule has 1 fully saturated rings. The van der Waals surface area contributed by atoms with E-state index in [4.69, 9.17) is 0 Å². The molecule has 1 aliphatic carbocycles. The fraction of sp³-hybridized carbons (Fsp3) is 0.379. The summed E-state index contributed by atoms with van der Waals surface area (Å²) >= 11 is 0. The monoisotopic (exact) mass is 648 g/mol. The maximum Gasteiger partial charge on any atom is 0.411 e. The summed E-state index contributed by atoms with van der Waals surface area (Å²) in [6.07, 6.45) is 1.61. The van der Waals surface area contributed by atoms with Gasteiger partial charge in [-0.1, -0.05) is 0 Å². The van der Waals surface area contributed by atoms with Gasteiger partial charge in [0.2, 0.25) is 0 Å². The standard InChI is InChI=1S/C29H29F5N8O4/c30-17-9-20-21(12-37-24(20)36-11-17)25-38-13-22(31)26(41-25)39-18-2-1-3-19(10-18)40-27(43)23-8-16(4-5-35-23)14-42(28(44)45)6-7-46-15-29(32,33)34/h4-5,8-9,11-13,18-19H,1-3,6-7,10,14-15H2,(H,36,37)(H,40,43)(H,44,45)(H,38,39,41)/t18-,19?/m0/s1. The summed E-state index contributed by atoms with van der Waals surface area (Å²) in [5.74, 6) is -1.59. The van der Waals surface area contributed by atoms with Crippen molar-refractivity contribution in [1.82, 2.24) is 35.1 Å². The molecule has 244 valence electrons. The number of amides is 2. The molecular formula is C29H29F5N8O4. The van der Waals surface area contributed by atoms with E-state index in [1.807, 2.05) is 0 Å². The minimum atomic E-state index is -4.52. The Morgan fingerprint density at radius 1 is 1.11 bits per heavy atom. The van der Waals surface area contributed by atoms with Crippen LogP contribution in [-0.4, -0.2) is 84.9 Å². The largest absolute Gasteiger partial charge is 0.465 e. The lowest BCUT2D eigenvalue weighted by Gasteiger charge is -2.30. The van der Waals surface area contributed by atoms with Crippen LogP contribution >= 0.6 is 0 Å². The highest BCUT2D eigenvalue weighted by atomic mass is 19.4. The third-order valence-electron chi connectivity index (χ3n) is 7.31. The van der Waals surface area contributed by atoms with Crippen molar-refractivity contribution in [3.8, 4) is 11.4 Å². The maximum atomic E-state index is 14.7. The number of carbonyl (C=O) groups is 2. The third-order valence-corrected chi connectivity index (χ3v) is 7.31. The summed E-state index contributed by atoms with van der Waals surface area (Å²) in [5, 5.41) is 15.9. The second-order valence-corrected chi connectivity index (χ2v) is 10.7. The first-order valence-electron chi connectivity index (χ1n) is 14.3. The fourth-order valence-corrected chi connectivity index (χ4v) is 5.19. The van der Waals surface area contributed by atoms with Gasteiger partial charge in [-0.2, -0.15) is 13.2 Å². The molecule has 4 aromatic rings. The SMILES string of the molecule is O=C(NC1CCC[C@H](Nc2nc(-c3c[nH]c4ncc(F)cc34)ncc2F)C1)c1cc(CN(CCOCC(F)(F)F)C(=O)O)ccn1. The lowest BCUT2D eigenvalue weighted by Crippen LogP contribution is -2.42. The molecule has 17 heteroatoms. The van der Waals surface area contributed by atoms with E-state index in [-0.39, 0.29) is 42.5 Å². The van der Waals surface area contributed by atoms with Gasteiger partial charge < -0.3 is 30.4 Å². The van der Waals surface area contributed by atoms with E-state index in [2.05, 4.69) is 40.3 Å². The lowest BCUT2D eigenvalue weighted by molar-refractivity contribution is -0.174. The fourth-order valence-electron chi connectivity index (χ4n) is 5.19. The van der Waals surface area contributed by atoms with Gasteiger partial charge in [-0.15, -0.1) is 0 Å². The highest BCUT2D eigenvalue weighted by Gasteiger charge is 2.28. The average Bonchev–Trinajstić information content (AvgIpc) is 3.42. The summed E-state index contributed by atoms with van der Waals surface area (Å²) in [7, 11) is 0. The highest BCUT2D eigenvalue weighted by molar-refractivity contribution is 5.93. The number of halogens is 5. The van der Waals surface area contributed by atoms with Crippen LogP contribution in [0.3, 0.4) is 0 Å². The number of H-pyrrole nitrogens is 1. The molecule has 0 aromatic carbocycles. The molecule has 1 saturated carbocycles. The molecule has 0 saturated heterocycles. The molecule has 4 N–H and O–H groups in total. The minimum Gasteiger partial charge on any atom is -0.465 e. The molecule has 0 radical (unpaired) electrons. The van der Waals surface area contributed by atoms with Crippen LogP contribution < -0.4 is 10.6 Å². The van der Waals surface area contributed by atoms with Crippen LogP contribution in [-0.2, 0) is 11.3 Å². The number of carboxylic acid groups (broad SMARTS) is 1. The van der Waals surface area contributed by atoms with Crippen LogP contribution in [0, 0.1) is 11.6 Å². The van der Waals surface area contributed by atoms with Gasteiger partial charge in [0.25, 0.3) is 5.91 Å². The van der Waals surface area contributed by atoms with Gasteiger partial charge in [0, 0.05) is 48.5 Å². The van der Waals surface area contributed by atoms with Crippen molar-refractivity contribution in [2.75, 3.05) is 25.1 Å². The smallest absolute Gasteiger partial charge is 0.411 e. The number of nitrogens with one attached hydrogen (secondary N) is 3. The van der Waals surface area contributed by atoms with Crippen LogP contribution in [0.25, 0.3) is 22.4 Å². The van der Waals surface area contributed by atoms with Gasteiger partial charge in [0.1, 0.15) is 23.8 Å². The number of nitrogens with zero attached hydrogens (tertiary/aromatic N) is 5. The van der Waals surface area contributed by atoms with Crippen LogP contribution in [0.2, 0.25) is 0 Å².